The first-order valence-corrected chi connectivity index (χ1v) is 8.51. The molecule has 0 saturated heterocycles. The number of nitrogens with zero attached hydrogens (tertiary/aromatic N) is 2. The maximum atomic E-state index is 12.8. The van der Waals surface area contributed by atoms with Gasteiger partial charge < -0.3 is 0 Å². The summed E-state index contributed by atoms with van der Waals surface area (Å²) in [5, 5.41) is 0.150. The number of sulfone groups is 1. The average molecular weight is 352 g/mol. The van der Waals surface area contributed by atoms with Crippen molar-refractivity contribution in [3.63, 3.8) is 0 Å². The fourth-order valence-corrected chi connectivity index (χ4v) is 3.82. The van der Waals surface area contributed by atoms with Crippen LogP contribution in [-0.4, -0.2) is 18.4 Å². The van der Waals surface area contributed by atoms with E-state index >= 15 is 0 Å². The van der Waals surface area contributed by atoms with E-state index in [1.54, 1.807) is 24.3 Å². The largest absolute Gasteiger partial charge is 0.416 e. The smallest absolute Gasteiger partial charge is 0.236 e. The first-order chi connectivity index (χ1) is 11.3. The molecule has 24 heavy (non-hydrogen) atoms. The summed E-state index contributed by atoms with van der Waals surface area (Å²) < 4.78 is 63.5. The Morgan fingerprint density at radius 1 is 0.958 bits per heavy atom. The summed E-state index contributed by atoms with van der Waals surface area (Å²) >= 11 is 0. The van der Waals surface area contributed by atoms with Gasteiger partial charge in [0.15, 0.2) is 14.9 Å². The van der Waals surface area contributed by atoms with Crippen LogP contribution in [0.2, 0.25) is 0 Å². The summed E-state index contributed by atoms with van der Waals surface area (Å²) in [7, 11) is -3.92. The van der Waals surface area contributed by atoms with E-state index in [0.29, 0.717) is 10.9 Å². The maximum Gasteiger partial charge on any atom is 0.416 e. The zero-order chi connectivity index (χ0) is 17.4. The van der Waals surface area contributed by atoms with Crippen LogP contribution in [0.1, 0.15) is 11.1 Å². The maximum absolute atomic E-state index is 12.8. The van der Waals surface area contributed by atoms with E-state index in [1.165, 1.54) is 12.1 Å². The van der Waals surface area contributed by atoms with E-state index in [1.807, 2.05) is 0 Å². The van der Waals surface area contributed by atoms with Crippen LogP contribution < -0.4 is 0 Å². The van der Waals surface area contributed by atoms with Crippen LogP contribution in [0.15, 0.2) is 59.9 Å². The molecule has 0 aliphatic rings. The molecule has 0 spiro atoms. The molecule has 0 aliphatic carbocycles. The standard InChI is InChI=1S/C16H11F3N2O2S/c17-16(18,19)12-5-3-4-11(8-12)9-24(22,23)15-13-6-1-2-7-14(13)20-10-21-15/h1-8,10H,9H2. The van der Waals surface area contributed by atoms with E-state index in [4.69, 9.17) is 0 Å². The Labute approximate surface area is 135 Å². The van der Waals surface area contributed by atoms with Gasteiger partial charge in [-0.15, -0.1) is 0 Å². The Balaban J connectivity index is 2.03. The molecule has 0 bridgehead atoms. The second-order valence-electron chi connectivity index (χ2n) is 5.15. The summed E-state index contributed by atoms with van der Waals surface area (Å²) in [4.78, 5) is 7.81. The molecule has 3 rings (SSSR count). The van der Waals surface area contributed by atoms with Crippen molar-refractivity contribution in [2.75, 3.05) is 0 Å². The second-order valence-corrected chi connectivity index (χ2v) is 7.06. The molecule has 0 atom stereocenters. The van der Waals surface area contributed by atoms with Crippen molar-refractivity contribution in [2.24, 2.45) is 0 Å². The van der Waals surface area contributed by atoms with Gasteiger partial charge >= 0.3 is 6.18 Å². The predicted octanol–water partition coefficient (Wildman–Crippen LogP) is 3.62. The number of hydrogen-bond donors (Lipinski definition) is 0. The van der Waals surface area contributed by atoms with Gasteiger partial charge in [-0.05, 0) is 23.8 Å². The zero-order valence-corrected chi connectivity index (χ0v) is 13.0. The number of rotatable bonds is 3. The number of para-hydroxylation sites is 1. The lowest BCUT2D eigenvalue weighted by Gasteiger charge is -2.10. The number of fused-ring (bicyclic) bond motifs is 1. The van der Waals surface area contributed by atoms with Gasteiger partial charge in [0.05, 0.1) is 16.8 Å². The molecule has 0 aliphatic heterocycles. The topological polar surface area (TPSA) is 59.9 Å². The van der Waals surface area contributed by atoms with Crippen LogP contribution in [-0.2, 0) is 21.8 Å². The molecule has 0 radical (unpaired) electrons. The summed E-state index contributed by atoms with van der Waals surface area (Å²) in [6, 6.07) is 10.8. The van der Waals surface area contributed by atoms with Gasteiger partial charge in [-0.25, -0.2) is 18.4 Å². The van der Waals surface area contributed by atoms with Crippen molar-refractivity contribution in [1.29, 1.82) is 0 Å². The minimum atomic E-state index is -4.53. The third-order valence-electron chi connectivity index (χ3n) is 3.41. The number of hydrogen-bond acceptors (Lipinski definition) is 4. The Morgan fingerprint density at radius 2 is 1.71 bits per heavy atom. The molecule has 4 nitrogen and oxygen atoms in total. The SMILES string of the molecule is O=S(=O)(Cc1cccc(C(F)(F)F)c1)c1ncnc2ccccc12. The molecule has 3 aromatic rings. The van der Waals surface area contributed by atoms with Gasteiger partial charge in [0.2, 0.25) is 0 Å². The molecule has 0 saturated carbocycles. The van der Waals surface area contributed by atoms with Gasteiger partial charge in [0, 0.05) is 5.39 Å². The Kier molecular flexibility index (Phi) is 4.00. The fourth-order valence-electron chi connectivity index (χ4n) is 2.35. The minimum Gasteiger partial charge on any atom is -0.236 e. The van der Waals surface area contributed by atoms with E-state index in [-0.39, 0.29) is 10.6 Å². The molecule has 8 heteroatoms. The van der Waals surface area contributed by atoms with Crippen molar-refractivity contribution < 1.29 is 21.6 Å². The molecular formula is C16H11F3N2O2S. The molecule has 124 valence electrons. The van der Waals surface area contributed by atoms with E-state index in [9.17, 15) is 21.6 Å². The lowest BCUT2D eigenvalue weighted by molar-refractivity contribution is -0.137. The molecule has 2 aromatic carbocycles. The molecule has 1 aromatic heterocycles. The Hall–Kier alpha value is -2.48. The van der Waals surface area contributed by atoms with Gasteiger partial charge in [-0.3, -0.25) is 0 Å². The van der Waals surface area contributed by atoms with Gasteiger partial charge in [0.1, 0.15) is 6.33 Å². The van der Waals surface area contributed by atoms with Gasteiger partial charge in [-0.2, -0.15) is 13.2 Å². The highest BCUT2D eigenvalue weighted by Crippen LogP contribution is 2.30. The van der Waals surface area contributed by atoms with Crippen LogP contribution in [0.4, 0.5) is 13.2 Å². The van der Waals surface area contributed by atoms with Crippen LogP contribution >= 0.6 is 0 Å². The van der Waals surface area contributed by atoms with Crippen LogP contribution in [0.25, 0.3) is 10.9 Å². The first kappa shape index (κ1) is 16.4. The summed E-state index contributed by atoms with van der Waals surface area (Å²) in [6.07, 6.45) is -3.40. The second kappa shape index (κ2) is 5.86. The molecule has 0 N–H and O–H groups in total. The third-order valence-corrected chi connectivity index (χ3v) is 5.04. The van der Waals surface area contributed by atoms with Crippen LogP contribution in [0, 0.1) is 0 Å². The lowest BCUT2D eigenvalue weighted by Crippen LogP contribution is -2.10. The highest BCUT2D eigenvalue weighted by molar-refractivity contribution is 7.90. The van der Waals surface area contributed by atoms with Crippen molar-refractivity contribution in [2.45, 2.75) is 17.0 Å². The number of benzene rings is 2. The van der Waals surface area contributed by atoms with Gasteiger partial charge in [-0.1, -0.05) is 30.3 Å². The summed E-state index contributed by atoms with van der Waals surface area (Å²) in [6.45, 7) is 0. The lowest BCUT2D eigenvalue weighted by atomic mass is 10.1. The average Bonchev–Trinajstić information content (AvgIpc) is 2.53. The zero-order valence-electron chi connectivity index (χ0n) is 12.2. The first-order valence-electron chi connectivity index (χ1n) is 6.86. The van der Waals surface area contributed by atoms with Crippen molar-refractivity contribution in [3.8, 4) is 0 Å². The highest BCUT2D eigenvalue weighted by Gasteiger charge is 2.31. The van der Waals surface area contributed by atoms with E-state index in [2.05, 4.69) is 9.97 Å². The number of halogens is 3. The van der Waals surface area contributed by atoms with Crippen molar-refractivity contribution in [1.82, 2.24) is 9.97 Å². The molecule has 0 amide bonds. The van der Waals surface area contributed by atoms with Crippen molar-refractivity contribution in [3.05, 3.63) is 66.0 Å². The fraction of sp³-hybridized carbons (Fsp3) is 0.125. The number of aromatic nitrogens is 2. The third kappa shape index (κ3) is 3.23. The molecular weight excluding hydrogens is 341 g/mol. The van der Waals surface area contributed by atoms with E-state index in [0.717, 1.165) is 18.5 Å². The van der Waals surface area contributed by atoms with Crippen LogP contribution in [0.5, 0.6) is 0 Å². The predicted molar refractivity (Wildman–Crippen MR) is 81.9 cm³/mol. The van der Waals surface area contributed by atoms with Crippen molar-refractivity contribution >= 4 is 20.7 Å². The summed E-state index contributed by atoms with van der Waals surface area (Å²) in [5.41, 5.74) is -0.384. The minimum absolute atomic E-state index is 0.0486. The van der Waals surface area contributed by atoms with Crippen LogP contribution in [0.3, 0.4) is 0 Å². The monoisotopic (exact) mass is 352 g/mol. The molecule has 0 fully saturated rings. The Bertz CT molecular complexity index is 996. The summed E-state index contributed by atoms with van der Waals surface area (Å²) in [5.74, 6) is -0.572. The van der Waals surface area contributed by atoms with E-state index < -0.39 is 27.3 Å². The highest BCUT2D eigenvalue weighted by atomic mass is 32.2. The van der Waals surface area contributed by atoms with Gasteiger partial charge in [0.25, 0.3) is 0 Å². The molecule has 1 heterocycles. The Morgan fingerprint density at radius 3 is 2.46 bits per heavy atom. The molecule has 0 unspecified atom stereocenters. The quantitative estimate of drug-likeness (QED) is 0.676. The number of alkyl halides is 3. The normalized spacial score (nSPS) is 12.5.